The number of hydrogen-bond acceptors (Lipinski definition) is 3. The summed E-state index contributed by atoms with van der Waals surface area (Å²) >= 11 is 0.976. The molecule has 138 valence electrons. The highest BCUT2D eigenvalue weighted by molar-refractivity contribution is 7.99. The van der Waals surface area contributed by atoms with Gasteiger partial charge in [0.1, 0.15) is 11.4 Å². The van der Waals surface area contributed by atoms with Crippen LogP contribution in [0.2, 0.25) is 0 Å². The Kier molecular flexibility index (Phi) is 4.63. The molecule has 0 fully saturated rings. The Balaban J connectivity index is 2.28. The molecule has 0 unspecified atom stereocenters. The number of alkyl halides is 6. The van der Waals surface area contributed by atoms with Gasteiger partial charge in [0, 0.05) is 17.3 Å². The first-order chi connectivity index (χ1) is 12.1. The van der Waals surface area contributed by atoms with Crippen LogP contribution in [0, 0.1) is 0 Å². The first kappa shape index (κ1) is 18.6. The molecule has 0 aromatic carbocycles. The van der Waals surface area contributed by atoms with Crippen molar-refractivity contribution in [2.24, 2.45) is 0 Å². The van der Waals surface area contributed by atoms with Crippen LogP contribution >= 0.6 is 11.8 Å². The van der Waals surface area contributed by atoms with E-state index in [1.54, 1.807) is 6.92 Å². The number of hydrogen-bond donors (Lipinski definition) is 1. The molecule has 0 bridgehead atoms. The Morgan fingerprint density at radius 3 is 2.38 bits per heavy atom. The van der Waals surface area contributed by atoms with E-state index in [0.717, 1.165) is 23.9 Å². The fourth-order valence-corrected chi connectivity index (χ4v) is 3.23. The lowest BCUT2D eigenvalue weighted by Crippen LogP contribution is -2.11. The summed E-state index contributed by atoms with van der Waals surface area (Å²) in [4.78, 5) is 10.3. The van der Waals surface area contributed by atoms with Crippen molar-refractivity contribution in [1.82, 2.24) is 15.0 Å². The molecule has 3 nitrogen and oxygen atoms in total. The maximum Gasteiger partial charge on any atom is 0.418 e. The van der Waals surface area contributed by atoms with E-state index in [-0.39, 0.29) is 21.6 Å². The molecule has 0 radical (unpaired) electrons. The van der Waals surface area contributed by atoms with Gasteiger partial charge in [-0.3, -0.25) is 4.98 Å². The minimum atomic E-state index is -4.74. The van der Waals surface area contributed by atoms with Crippen LogP contribution in [0.1, 0.15) is 18.1 Å². The van der Waals surface area contributed by atoms with Crippen molar-refractivity contribution in [2.45, 2.75) is 24.2 Å². The highest BCUT2D eigenvalue weighted by Gasteiger charge is 2.37. The van der Waals surface area contributed by atoms with Gasteiger partial charge in [0.05, 0.1) is 22.2 Å². The molecule has 3 aromatic rings. The van der Waals surface area contributed by atoms with Crippen LogP contribution in [0.3, 0.4) is 0 Å². The lowest BCUT2D eigenvalue weighted by atomic mass is 10.1. The maximum absolute atomic E-state index is 13.5. The van der Waals surface area contributed by atoms with E-state index in [9.17, 15) is 26.3 Å². The summed E-state index contributed by atoms with van der Waals surface area (Å²) in [6.45, 7) is 1.68. The van der Waals surface area contributed by atoms with E-state index in [1.165, 1.54) is 12.3 Å². The molecule has 0 atom stereocenters. The van der Waals surface area contributed by atoms with Crippen molar-refractivity contribution < 1.29 is 26.3 Å². The Morgan fingerprint density at radius 1 is 1.04 bits per heavy atom. The van der Waals surface area contributed by atoms with Crippen LogP contribution < -0.4 is 0 Å². The molecular formula is C16H11F6N3S. The molecule has 10 heteroatoms. The predicted molar refractivity (Wildman–Crippen MR) is 85.7 cm³/mol. The summed E-state index contributed by atoms with van der Waals surface area (Å²) in [6, 6.07) is 3.17. The number of H-pyrrole nitrogens is 1. The Hall–Kier alpha value is -2.23. The zero-order valence-corrected chi connectivity index (χ0v) is 14.0. The van der Waals surface area contributed by atoms with Gasteiger partial charge in [0.25, 0.3) is 0 Å². The number of nitrogens with zero attached hydrogens (tertiary/aromatic N) is 2. The second kappa shape index (κ2) is 6.49. The van der Waals surface area contributed by atoms with E-state index in [0.29, 0.717) is 11.9 Å². The van der Waals surface area contributed by atoms with Crippen LogP contribution in [-0.2, 0) is 12.4 Å². The normalized spacial score (nSPS) is 12.7. The minimum Gasteiger partial charge on any atom is -0.360 e. The van der Waals surface area contributed by atoms with E-state index >= 15 is 0 Å². The molecule has 3 rings (SSSR count). The summed E-state index contributed by atoms with van der Waals surface area (Å²) in [5, 5.41) is 0. The molecule has 0 saturated heterocycles. The molecular weight excluding hydrogens is 380 g/mol. The highest BCUT2D eigenvalue weighted by atomic mass is 32.2. The molecule has 0 aliphatic carbocycles. The van der Waals surface area contributed by atoms with Crippen LogP contribution in [0.25, 0.3) is 22.4 Å². The number of aromatic amines is 1. The quantitative estimate of drug-likeness (QED) is 0.455. The van der Waals surface area contributed by atoms with E-state index in [1.807, 2.05) is 0 Å². The average molecular weight is 391 g/mol. The predicted octanol–water partition coefficient (Wildman–Crippen LogP) is 5.77. The standard InChI is InChI=1S/C16H11F6N3S/c1-2-26-12-5-8(15(17,18)19)7-24-14(12)13-9(16(20,21)22)6-11-10(25-13)3-4-23-11/h3-7,23H,2H2,1H3. The van der Waals surface area contributed by atoms with Crippen LogP contribution in [0.4, 0.5) is 26.3 Å². The number of aromatic nitrogens is 3. The SMILES string of the molecule is CCSc1cc(C(F)(F)F)cnc1-c1nc2cc[nH]c2cc1C(F)(F)F. The second-order valence-electron chi connectivity index (χ2n) is 5.29. The largest absolute Gasteiger partial charge is 0.418 e. The summed E-state index contributed by atoms with van der Waals surface area (Å²) in [5.41, 5.74) is -2.35. The second-order valence-corrected chi connectivity index (χ2v) is 6.60. The molecule has 0 spiro atoms. The Morgan fingerprint density at radius 2 is 1.77 bits per heavy atom. The van der Waals surface area contributed by atoms with Gasteiger partial charge in [-0.05, 0) is 24.0 Å². The van der Waals surface area contributed by atoms with Gasteiger partial charge in [-0.25, -0.2) is 4.98 Å². The van der Waals surface area contributed by atoms with E-state index < -0.39 is 29.2 Å². The van der Waals surface area contributed by atoms with Crippen molar-refractivity contribution in [3.8, 4) is 11.4 Å². The number of nitrogens with one attached hydrogen (secondary N) is 1. The van der Waals surface area contributed by atoms with Crippen molar-refractivity contribution in [3.05, 3.63) is 41.7 Å². The molecule has 0 saturated carbocycles. The average Bonchev–Trinajstić information content (AvgIpc) is 2.99. The van der Waals surface area contributed by atoms with Gasteiger partial charge in [0.15, 0.2) is 0 Å². The number of rotatable bonds is 3. The molecule has 0 aliphatic heterocycles. The smallest absolute Gasteiger partial charge is 0.360 e. The summed E-state index contributed by atoms with van der Waals surface area (Å²) in [5.74, 6) is 0.365. The maximum atomic E-state index is 13.5. The third-order valence-electron chi connectivity index (χ3n) is 3.54. The first-order valence-corrected chi connectivity index (χ1v) is 8.35. The van der Waals surface area contributed by atoms with Crippen molar-refractivity contribution in [3.63, 3.8) is 0 Å². The first-order valence-electron chi connectivity index (χ1n) is 7.37. The molecule has 1 N–H and O–H groups in total. The topological polar surface area (TPSA) is 41.6 Å². The number of fused-ring (bicyclic) bond motifs is 1. The molecule has 3 heterocycles. The van der Waals surface area contributed by atoms with Crippen LogP contribution in [0.5, 0.6) is 0 Å². The van der Waals surface area contributed by atoms with Crippen LogP contribution in [-0.4, -0.2) is 20.7 Å². The van der Waals surface area contributed by atoms with Gasteiger partial charge in [0.2, 0.25) is 0 Å². The Bertz CT molecular complexity index is 945. The van der Waals surface area contributed by atoms with Gasteiger partial charge in [-0.15, -0.1) is 11.8 Å². The summed E-state index contributed by atoms with van der Waals surface area (Å²) in [6.07, 6.45) is -7.42. The van der Waals surface area contributed by atoms with Crippen molar-refractivity contribution in [2.75, 3.05) is 5.75 Å². The van der Waals surface area contributed by atoms with Gasteiger partial charge < -0.3 is 4.98 Å². The van der Waals surface area contributed by atoms with Gasteiger partial charge >= 0.3 is 12.4 Å². The fourth-order valence-electron chi connectivity index (χ4n) is 2.42. The molecule has 3 aromatic heterocycles. The zero-order chi connectivity index (χ0) is 19.1. The minimum absolute atomic E-state index is 0.00443. The van der Waals surface area contributed by atoms with E-state index in [2.05, 4.69) is 15.0 Å². The summed E-state index contributed by atoms with van der Waals surface area (Å²) < 4.78 is 79.2. The fraction of sp³-hybridized carbons (Fsp3) is 0.250. The lowest BCUT2D eigenvalue weighted by molar-refractivity contribution is -0.138. The lowest BCUT2D eigenvalue weighted by Gasteiger charge is -2.16. The van der Waals surface area contributed by atoms with Gasteiger partial charge in [-0.2, -0.15) is 26.3 Å². The molecule has 0 amide bonds. The van der Waals surface area contributed by atoms with Crippen molar-refractivity contribution >= 4 is 22.8 Å². The monoisotopic (exact) mass is 391 g/mol. The van der Waals surface area contributed by atoms with Gasteiger partial charge in [-0.1, -0.05) is 6.92 Å². The number of thioether (sulfide) groups is 1. The zero-order valence-electron chi connectivity index (χ0n) is 13.2. The third kappa shape index (κ3) is 3.50. The van der Waals surface area contributed by atoms with Crippen LogP contribution in [0.15, 0.2) is 35.5 Å². The Labute approximate surface area is 147 Å². The summed E-state index contributed by atoms with van der Waals surface area (Å²) in [7, 11) is 0. The number of halogens is 6. The van der Waals surface area contributed by atoms with E-state index in [4.69, 9.17) is 0 Å². The number of pyridine rings is 2. The third-order valence-corrected chi connectivity index (χ3v) is 4.45. The highest BCUT2D eigenvalue weighted by Crippen LogP contribution is 2.41. The molecule has 0 aliphatic rings. The van der Waals surface area contributed by atoms with Crippen molar-refractivity contribution in [1.29, 1.82) is 0 Å². The molecule has 26 heavy (non-hydrogen) atoms.